The molecular weight excluding hydrogens is 330 g/mol. The molecule has 0 saturated heterocycles. The second-order valence-electron chi connectivity index (χ2n) is 6.51. The van der Waals surface area contributed by atoms with Gasteiger partial charge in [0.25, 0.3) is 0 Å². The number of anilines is 1. The van der Waals surface area contributed by atoms with Crippen LogP contribution < -0.4 is 5.32 Å². The van der Waals surface area contributed by atoms with Crippen LogP contribution in [-0.2, 0) is 21.0 Å². The summed E-state index contributed by atoms with van der Waals surface area (Å²) >= 11 is 1.09. The molecule has 0 aliphatic carbocycles. The SMILES string of the molecule is CCCNc1nnc(S(=O)(=O)Cc2ccc(C(C)(C)C)cc2)s1. The van der Waals surface area contributed by atoms with Crippen molar-refractivity contribution in [3.8, 4) is 0 Å². The van der Waals surface area contributed by atoms with Crippen LogP contribution in [0, 0.1) is 0 Å². The molecule has 1 aromatic carbocycles. The van der Waals surface area contributed by atoms with Crippen molar-refractivity contribution in [3.63, 3.8) is 0 Å². The fourth-order valence-corrected chi connectivity index (χ4v) is 4.37. The van der Waals surface area contributed by atoms with E-state index in [1.165, 1.54) is 5.56 Å². The highest BCUT2D eigenvalue weighted by Gasteiger charge is 2.21. The lowest BCUT2D eigenvalue weighted by Gasteiger charge is -2.19. The van der Waals surface area contributed by atoms with Crippen molar-refractivity contribution in [2.75, 3.05) is 11.9 Å². The quantitative estimate of drug-likeness (QED) is 0.858. The molecule has 0 fully saturated rings. The van der Waals surface area contributed by atoms with Crippen LogP contribution in [-0.4, -0.2) is 25.2 Å². The van der Waals surface area contributed by atoms with Crippen molar-refractivity contribution in [2.24, 2.45) is 0 Å². The van der Waals surface area contributed by atoms with Crippen LogP contribution in [0.25, 0.3) is 0 Å². The number of benzene rings is 1. The zero-order valence-corrected chi connectivity index (χ0v) is 15.6. The highest BCUT2D eigenvalue weighted by Crippen LogP contribution is 2.25. The number of aromatic nitrogens is 2. The van der Waals surface area contributed by atoms with Crippen molar-refractivity contribution in [1.29, 1.82) is 0 Å². The zero-order valence-electron chi connectivity index (χ0n) is 14.0. The molecule has 126 valence electrons. The van der Waals surface area contributed by atoms with Gasteiger partial charge in [-0.25, -0.2) is 8.42 Å². The number of hydrogen-bond acceptors (Lipinski definition) is 6. The van der Waals surface area contributed by atoms with Gasteiger partial charge in [0.1, 0.15) is 0 Å². The molecule has 5 nitrogen and oxygen atoms in total. The Kier molecular flexibility index (Phi) is 5.41. The summed E-state index contributed by atoms with van der Waals surface area (Å²) in [4.78, 5) is 0. The topological polar surface area (TPSA) is 72.0 Å². The lowest BCUT2D eigenvalue weighted by atomic mass is 9.87. The lowest BCUT2D eigenvalue weighted by molar-refractivity contribution is 0.589. The molecule has 0 aliphatic rings. The van der Waals surface area contributed by atoms with E-state index < -0.39 is 9.84 Å². The van der Waals surface area contributed by atoms with Gasteiger partial charge in [0.05, 0.1) is 5.75 Å². The van der Waals surface area contributed by atoms with E-state index >= 15 is 0 Å². The second kappa shape index (κ2) is 6.97. The van der Waals surface area contributed by atoms with E-state index in [-0.39, 0.29) is 15.5 Å². The summed E-state index contributed by atoms with van der Waals surface area (Å²) in [6.07, 6.45) is 0.946. The van der Waals surface area contributed by atoms with E-state index in [4.69, 9.17) is 0 Å². The Morgan fingerprint density at radius 1 is 1.13 bits per heavy atom. The summed E-state index contributed by atoms with van der Waals surface area (Å²) in [6, 6.07) is 7.71. The second-order valence-corrected chi connectivity index (χ2v) is 9.65. The van der Waals surface area contributed by atoms with E-state index in [9.17, 15) is 8.42 Å². The van der Waals surface area contributed by atoms with Crippen molar-refractivity contribution in [1.82, 2.24) is 10.2 Å². The average molecular weight is 354 g/mol. The molecule has 23 heavy (non-hydrogen) atoms. The Morgan fingerprint density at radius 3 is 2.35 bits per heavy atom. The van der Waals surface area contributed by atoms with Crippen molar-refractivity contribution >= 4 is 26.3 Å². The van der Waals surface area contributed by atoms with Crippen molar-refractivity contribution in [2.45, 2.75) is 49.6 Å². The summed E-state index contributed by atoms with van der Waals surface area (Å²) in [5.74, 6) is -0.0557. The molecule has 7 heteroatoms. The van der Waals surface area contributed by atoms with E-state index in [1.807, 2.05) is 31.2 Å². The molecule has 1 heterocycles. The summed E-state index contributed by atoms with van der Waals surface area (Å²) in [5, 5.41) is 11.3. The molecular formula is C16H23N3O2S2. The predicted molar refractivity (Wildman–Crippen MR) is 94.7 cm³/mol. The first kappa shape index (κ1) is 17.9. The molecule has 0 radical (unpaired) electrons. The molecule has 1 aromatic heterocycles. The molecule has 0 bridgehead atoms. The fraction of sp³-hybridized carbons (Fsp3) is 0.500. The molecule has 1 N–H and O–H groups in total. The highest BCUT2D eigenvalue weighted by molar-refractivity contribution is 7.92. The van der Waals surface area contributed by atoms with Gasteiger partial charge in [-0.15, -0.1) is 10.2 Å². The maximum absolute atomic E-state index is 12.5. The Hall–Kier alpha value is -1.47. The minimum Gasteiger partial charge on any atom is -0.360 e. The predicted octanol–water partition coefficient (Wildman–Crippen LogP) is 3.63. The van der Waals surface area contributed by atoms with Crippen molar-refractivity contribution in [3.05, 3.63) is 35.4 Å². The number of rotatable bonds is 6. The summed E-state index contributed by atoms with van der Waals surface area (Å²) in [6.45, 7) is 9.18. The highest BCUT2D eigenvalue weighted by atomic mass is 32.2. The van der Waals surface area contributed by atoms with Crippen LogP contribution in [0.4, 0.5) is 5.13 Å². The van der Waals surface area contributed by atoms with E-state index in [0.717, 1.165) is 29.9 Å². The van der Waals surface area contributed by atoms with Gasteiger partial charge >= 0.3 is 0 Å². The molecule has 0 amide bonds. The third kappa shape index (κ3) is 4.75. The maximum atomic E-state index is 12.5. The van der Waals surface area contributed by atoms with Gasteiger partial charge in [-0.1, -0.05) is 63.3 Å². The number of nitrogens with zero attached hydrogens (tertiary/aromatic N) is 2. The lowest BCUT2D eigenvalue weighted by Crippen LogP contribution is -2.11. The molecule has 2 aromatic rings. The Bertz CT molecular complexity index is 744. The number of hydrogen-bond donors (Lipinski definition) is 1. The van der Waals surface area contributed by atoms with E-state index in [2.05, 4.69) is 36.3 Å². The van der Waals surface area contributed by atoms with Gasteiger partial charge in [0.15, 0.2) is 0 Å². The van der Waals surface area contributed by atoms with Crippen LogP contribution in [0.1, 0.15) is 45.2 Å². The molecule has 2 rings (SSSR count). The first-order valence-electron chi connectivity index (χ1n) is 7.62. The van der Waals surface area contributed by atoms with Gasteiger partial charge in [0.2, 0.25) is 19.3 Å². The zero-order chi connectivity index (χ0) is 17.1. The van der Waals surface area contributed by atoms with Crippen LogP contribution in [0.5, 0.6) is 0 Å². The largest absolute Gasteiger partial charge is 0.360 e. The monoisotopic (exact) mass is 353 g/mol. The van der Waals surface area contributed by atoms with Crippen LogP contribution in [0.15, 0.2) is 28.6 Å². The molecule has 0 aliphatic heterocycles. The minimum absolute atomic E-state index is 0.0521. The van der Waals surface area contributed by atoms with Crippen molar-refractivity contribution < 1.29 is 8.42 Å². The van der Waals surface area contributed by atoms with E-state index in [1.54, 1.807) is 0 Å². The minimum atomic E-state index is -3.46. The van der Waals surface area contributed by atoms with Crippen LogP contribution in [0.2, 0.25) is 0 Å². The van der Waals surface area contributed by atoms with Crippen LogP contribution >= 0.6 is 11.3 Å². The summed E-state index contributed by atoms with van der Waals surface area (Å²) < 4.78 is 25.0. The molecule has 0 atom stereocenters. The molecule has 0 unspecified atom stereocenters. The Labute approximate surface area is 142 Å². The fourth-order valence-electron chi connectivity index (χ4n) is 2.02. The Balaban J connectivity index is 2.13. The van der Waals surface area contributed by atoms with Gasteiger partial charge in [0, 0.05) is 6.54 Å². The van der Waals surface area contributed by atoms with Crippen LogP contribution in [0.3, 0.4) is 0 Å². The van der Waals surface area contributed by atoms with Gasteiger partial charge in [-0.05, 0) is 23.0 Å². The molecule has 0 saturated carbocycles. The first-order chi connectivity index (χ1) is 10.7. The summed E-state index contributed by atoms with van der Waals surface area (Å²) in [7, 11) is -3.46. The maximum Gasteiger partial charge on any atom is 0.234 e. The Morgan fingerprint density at radius 2 is 1.78 bits per heavy atom. The standard InChI is InChI=1S/C16H23N3O2S2/c1-5-10-17-14-18-19-15(22-14)23(20,21)11-12-6-8-13(9-7-12)16(2,3)4/h6-9H,5,10-11H2,1-4H3,(H,17,18). The van der Waals surface area contributed by atoms with Gasteiger partial charge in [-0.3, -0.25) is 0 Å². The number of sulfone groups is 1. The number of nitrogens with one attached hydrogen (secondary N) is 1. The first-order valence-corrected chi connectivity index (χ1v) is 10.1. The normalized spacial score (nSPS) is 12.3. The third-order valence-electron chi connectivity index (χ3n) is 3.38. The van der Waals surface area contributed by atoms with E-state index in [0.29, 0.717) is 5.13 Å². The van der Waals surface area contributed by atoms with Gasteiger partial charge in [-0.2, -0.15) is 0 Å². The smallest absolute Gasteiger partial charge is 0.234 e. The summed E-state index contributed by atoms with van der Waals surface area (Å²) in [5.41, 5.74) is 1.99. The van der Waals surface area contributed by atoms with Gasteiger partial charge < -0.3 is 5.32 Å². The molecule has 0 spiro atoms. The third-order valence-corrected chi connectivity index (χ3v) is 6.39. The average Bonchev–Trinajstić information content (AvgIpc) is 2.94.